The van der Waals surface area contributed by atoms with Crippen molar-refractivity contribution < 1.29 is 24.0 Å². The second-order valence-corrected chi connectivity index (χ2v) is 7.50. The third-order valence-corrected chi connectivity index (χ3v) is 4.72. The number of nitrogens with one attached hydrogen (secondary N) is 4. The van der Waals surface area contributed by atoms with Crippen LogP contribution in [0.5, 0.6) is 0 Å². The standard InChI is InChI=1S/C21H29ClN4O5/c1-12(18(28)11-22)24-21(31)17(10-16-8-6-5-7-9-16)26-20(30)14(3)25-19(29)13(2)23-15(4)27/h5-9,12-14,17H,10-11H2,1-4H3,(H,23,27)(H,24,31)(H,25,29)(H,26,30)/t12-,13-,14-,17-/m0/s1. The average molecular weight is 453 g/mol. The Bertz CT molecular complexity index is 802. The lowest BCUT2D eigenvalue weighted by Crippen LogP contribution is -2.56. The zero-order valence-corrected chi connectivity index (χ0v) is 18.8. The first-order valence-corrected chi connectivity index (χ1v) is 10.4. The molecule has 0 spiro atoms. The normalized spacial score (nSPS) is 14.4. The van der Waals surface area contributed by atoms with Crippen molar-refractivity contribution in [2.24, 2.45) is 0 Å². The maximum atomic E-state index is 12.7. The van der Waals surface area contributed by atoms with Gasteiger partial charge < -0.3 is 21.3 Å². The van der Waals surface area contributed by atoms with Gasteiger partial charge in [-0.15, -0.1) is 11.6 Å². The topological polar surface area (TPSA) is 133 Å². The number of ketones is 1. The highest BCUT2D eigenvalue weighted by Crippen LogP contribution is 2.05. The molecule has 31 heavy (non-hydrogen) atoms. The van der Waals surface area contributed by atoms with Crippen LogP contribution in [-0.4, -0.2) is 59.5 Å². The third-order valence-electron chi connectivity index (χ3n) is 4.45. The van der Waals surface area contributed by atoms with Crippen LogP contribution in [0.2, 0.25) is 0 Å². The molecule has 4 atom stereocenters. The summed E-state index contributed by atoms with van der Waals surface area (Å²) < 4.78 is 0. The molecule has 0 unspecified atom stereocenters. The Morgan fingerprint density at radius 1 is 0.774 bits per heavy atom. The lowest BCUT2D eigenvalue weighted by molar-refractivity contribution is -0.133. The van der Waals surface area contributed by atoms with Gasteiger partial charge in [-0.05, 0) is 26.3 Å². The van der Waals surface area contributed by atoms with Gasteiger partial charge in [0.15, 0.2) is 5.78 Å². The van der Waals surface area contributed by atoms with Crippen LogP contribution in [0.4, 0.5) is 0 Å². The summed E-state index contributed by atoms with van der Waals surface area (Å²) in [7, 11) is 0. The number of Topliss-reactive ketones (excluding diaryl/α,β-unsaturated/α-hetero) is 1. The van der Waals surface area contributed by atoms with E-state index in [0.717, 1.165) is 5.56 Å². The van der Waals surface area contributed by atoms with E-state index in [1.807, 2.05) is 6.07 Å². The smallest absolute Gasteiger partial charge is 0.243 e. The molecule has 1 aromatic rings. The molecule has 0 heterocycles. The number of amides is 4. The quantitative estimate of drug-likeness (QED) is 0.352. The molecule has 0 aliphatic carbocycles. The number of halogens is 1. The van der Waals surface area contributed by atoms with Gasteiger partial charge >= 0.3 is 0 Å². The number of hydrogen-bond donors (Lipinski definition) is 4. The maximum Gasteiger partial charge on any atom is 0.243 e. The SMILES string of the molecule is CC(=O)N[C@@H](C)C(=O)N[C@@H](C)C(=O)N[C@@H](Cc1ccccc1)C(=O)N[C@@H](C)C(=O)CCl. The summed E-state index contributed by atoms with van der Waals surface area (Å²) in [5, 5.41) is 10.1. The van der Waals surface area contributed by atoms with E-state index in [2.05, 4.69) is 21.3 Å². The molecule has 0 saturated heterocycles. The van der Waals surface area contributed by atoms with Crippen molar-refractivity contribution in [3.05, 3.63) is 35.9 Å². The molecule has 170 valence electrons. The van der Waals surface area contributed by atoms with Crippen LogP contribution in [0.25, 0.3) is 0 Å². The molecule has 4 N–H and O–H groups in total. The van der Waals surface area contributed by atoms with Crippen LogP contribution in [0.3, 0.4) is 0 Å². The van der Waals surface area contributed by atoms with Gasteiger partial charge in [-0.2, -0.15) is 0 Å². The molecule has 0 saturated carbocycles. The van der Waals surface area contributed by atoms with Gasteiger partial charge in [0, 0.05) is 13.3 Å². The molecule has 0 aliphatic rings. The minimum absolute atomic E-state index is 0.184. The summed E-state index contributed by atoms with van der Waals surface area (Å²) in [5.74, 6) is -2.65. The van der Waals surface area contributed by atoms with Gasteiger partial charge in [0.1, 0.15) is 18.1 Å². The van der Waals surface area contributed by atoms with Crippen molar-refractivity contribution in [2.75, 3.05) is 5.88 Å². The largest absolute Gasteiger partial charge is 0.345 e. The fourth-order valence-corrected chi connectivity index (χ4v) is 2.87. The highest BCUT2D eigenvalue weighted by atomic mass is 35.5. The van der Waals surface area contributed by atoms with Crippen LogP contribution < -0.4 is 21.3 Å². The summed E-state index contributed by atoms with van der Waals surface area (Å²) in [4.78, 5) is 60.3. The number of benzene rings is 1. The Balaban J connectivity index is 2.86. The Kier molecular flexibility index (Phi) is 10.7. The zero-order chi connectivity index (χ0) is 23.6. The van der Waals surface area contributed by atoms with Crippen LogP contribution in [-0.2, 0) is 30.4 Å². The monoisotopic (exact) mass is 452 g/mol. The number of carbonyl (C=O) groups is 5. The van der Waals surface area contributed by atoms with E-state index in [1.54, 1.807) is 24.3 Å². The van der Waals surface area contributed by atoms with Gasteiger partial charge in [0.2, 0.25) is 23.6 Å². The van der Waals surface area contributed by atoms with E-state index in [-0.39, 0.29) is 24.0 Å². The molecule has 4 amide bonds. The minimum Gasteiger partial charge on any atom is -0.345 e. The van der Waals surface area contributed by atoms with E-state index in [1.165, 1.54) is 27.7 Å². The Hall–Kier alpha value is -2.94. The van der Waals surface area contributed by atoms with Crippen molar-refractivity contribution in [3.63, 3.8) is 0 Å². The molecule has 10 heteroatoms. The summed E-state index contributed by atoms with van der Waals surface area (Å²) >= 11 is 5.53. The van der Waals surface area contributed by atoms with Gasteiger partial charge in [0.05, 0.1) is 11.9 Å². The first kappa shape index (κ1) is 26.1. The molecule has 9 nitrogen and oxygen atoms in total. The summed E-state index contributed by atoms with van der Waals surface area (Å²) in [6.45, 7) is 5.74. The van der Waals surface area contributed by atoms with Crippen molar-refractivity contribution in [3.8, 4) is 0 Å². The highest BCUT2D eigenvalue weighted by molar-refractivity contribution is 6.28. The third kappa shape index (κ3) is 9.17. The van der Waals surface area contributed by atoms with Gasteiger partial charge in [-0.25, -0.2) is 0 Å². The highest BCUT2D eigenvalue weighted by Gasteiger charge is 2.27. The number of hydrogen-bond acceptors (Lipinski definition) is 5. The predicted octanol–water partition coefficient (Wildman–Crippen LogP) is 0.0558. The van der Waals surface area contributed by atoms with Crippen LogP contribution >= 0.6 is 11.6 Å². The molecule has 0 radical (unpaired) electrons. The van der Waals surface area contributed by atoms with Gasteiger partial charge in [0.25, 0.3) is 0 Å². The van der Waals surface area contributed by atoms with Gasteiger partial charge in [-0.3, -0.25) is 24.0 Å². The fraction of sp³-hybridized carbons (Fsp3) is 0.476. The van der Waals surface area contributed by atoms with E-state index < -0.39 is 41.9 Å². The lowest BCUT2D eigenvalue weighted by Gasteiger charge is -2.23. The molecule has 0 aliphatic heterocycles. The maximum absolute atomic E-state index is 12.7. The zero-order valence-electron chi connectivity index (χ0n) is 18.0. The van der Waals surface area contributed by atoms with Crippen LogP contribution in [0.15, 0.2) is 30.3 Å². The van der Waals surface area contributed by atoms with Crippen molar-refractivity contribution in [1.82, 2.24) is 21.3 Å². The molecule has 1 rings (SSSR count). The molecule has 0 fully saturated rings. The number of carbonyl (C=O) groups excluding carboxylic acids is 5. The van der Waals surface area contributed by atoms with Crippen LogP contribution in [0, 0.1) is 0 Å². The van der Waals surface area contributed by atoms with Crippen molar-refractivity contribution in [2.45, 2.75) is 58.3 Å². The van der Waals surface area contributed by atoms with E-state index in [0.29, 0.717) is 0 Å². The second kappa shape index (κ2) is 12.7. The van der Waals surface area contributed by atoms with Crippen LogP contribution in [0.1, 0.15) is 33.3 Å². The summed E-state index contributed by atoms with van der Waals surface area (Å²) in [6.07, 6.45) is 0.184. The van der Waals surface area contributed by atoms with Crippen molar-refractivity contribution >= 4 is 41.0 Å². The fourth-order valence-electron chi connectivity index (χ4n) is 2.64. The van der Waals surface area contributed by atoms with E-state index >= 15 is 0 Å². The Labute approximate surface area is 186 Å². The first-order chi connectivity index (χ1) is 14.5. The molecule has 0 bridgehead atoms. The predicted molar refractivity (Wildman–Crippen MR) is 116 cm³/mol. The number of alkyl halides is 1. The number of rotatable bonds is 11. The summed E-state index contributed by atoms with van der Waals surface area (Å²) in [5.41, 5.74) is 0.801. The molecular formula is C21H29ClN4O5. The Morgan fingerprint density at radius 2 is 1.29 bits per heavy atom. The van der Waals surface area contributed by atoms with Crippen molar-refractivity contribution in [1.29, 1.82) is 0 Å². The van der Waals surface area contributed by atoms with E-state index in [9.17, 15) is 24.0 Å². The average Bonchev–Trinajstić information content (AvgIpc) is 2.72. The molecule has 1 aromatic carbocycles. The lowest BCUT2D eigenvalue weighted by atomic mass is 10.0. The van der Waals surface area contributed by atoms with E-state index in [4.69, 9.17) is 11.6 Å². The van der Waals surface area contributed by atoms with Gasteiger partial charge in [-0.1, -0.05) is 30.3 Å². The molecule has 0 aromatic heterocycles. The minimum atomic E-state index is -0.979. The molecular weight excluding hydrogens is 424 g/mol. The Morgan fingerprint density at radius 3 is 1.84 bits per heavy atom. The first-order valence-electron chi connectivity index (χ1n) is 9.86. The second-order valence-electron chi connectivity index (χ2n) is 7.23. The summed E-state index contributed by atoms with van der Waals surface area (Å²) in [6, 6.07) is 5.47.